The summed E-state index contributed by atoms with van der Waals surface area (Å²) in [7, 11) is 2.96. The van der Waals surface area contributed by atoms with Gasteiger partial charge in [0.05, 0.1) is 18.4 Å². The van der Waals surface area contributed by atoms with Crippen molar-refractivity contribution in [1.29, 1.82) is 0 Å². The van der Waals surface area contributed by atoms with Gasteiger partial charge in [0.25, 0.3) is 0 Å². The maximum Gasteiger partial charge on any atom is 0.404 e. The molecule has 0 bridgehead atoms. The number of rotatable bonds is 3. The summed E-state index contributed by atoms with van der Waals surface area (Å²) in [5, 5.41) is 0. The number of primary amides is 1. The van der Waals surface area contributed by atoms with Gasteiger partial charge < -0.3 is 19.8 Å². The van der Waals surface area contributed by atoms with Crippen LogP contribution in [0.4, 0.5) is 4.79 Å². The molecule has 0 saturated carbocycles. The van der Waals surface area contributed by atoms with E-state index in [4.69, 9.17) is 15.2 Å². The predicted molar refractivity (Wildman–Crippen MR) is 68.3 cm³/mol. The lowest BCUT2D eigenvalue weighted by Gasteiger charge is -2.12. The van der Waals surface area contributed by atoms with Crippen LogP contribution in [-0.2, 0) is 23.1 Å². The van der Waals surface area contributed by atoms with Crippen LogP contribution >= 0.6 is 0 Å². The minimum atomic E-state index is -0.920. The molecule has 0 spiro atoms. The fraction of sp³-hybridized carbons (Fsp3) is 0.308. The van der Waals surface area contributed by atoms with Gasteiger partial charge in [0, 0.05) is 13.1 Å². The third-order valence-electron chi connectivity index (χ3n) is 3.30. The van der Waals surface area contributed by atoms with E-state index in [0.717, 1.165) is 6.08 Å². The lowest BCUT2D eigenvalue weighted by Crippen LogP contribution is -2.19. The number of Topliss-reactive ketones (excluding diaryl/α,β-unsaturated/α-hetero) is 1. The highest BCUT2D eigenvalue weighted by molar-refractivity contribution is 6.24. The summed E-state index contributed by atoms with van der Waals surface area (Å²) < 4.78 is 11.2. The number of carbonyl (C=O) groups is 3. The van der Waals surface area contributed by atoms with Crippen molar-refractivity contribution in [2.75, 3.05) is 7.11 Å². The van der Waals surface area contributed by atoms with E-state index in [1.54, 1.807) is 14.0 Å². The lowest BCUT2D eigenvalue weighted by atomic mass is 9.97. The number of allylic oxidation sites excluding steroid dienone is 2. The predicted octanol–water partition coefficient (Wildman–Crippen LogP) is 0.838. The third kappa shape index (κ3) is 1.97. The van der Waals surface area contributed by atoms with Crippen molar-refractivity contribution in [2.24, 2.45) is 12.8 Å². The molecule has 1 aliphatic rings. The van der Waals surface area contributed by atoms with Crippen molar-refractivity contribution in [3.05, 3.63) is 34.3 Å². The number of carbonyl (C=O) groups excluding carboxylic acids is 3. The van der Waals surface area contributed by atoms with E-state index in [0.29, 0.717) is 11.3 Å². The Morgan fingerprint density at radius 2 is 2.05 bits per heavy atom. The van der Waals surface area contributed by atoms with Crippen LogP contribution in [0.5, 0.6) is 0 Å². The Morgan fingerprint density at radius 1 is 1.40 bits per heavy atom. The minimum Gasteiger partial charge on any atom is -0.492 e. The molecule has 2 rings (SSSR count). The maximum absolute atomic E-state index is 12.2. The molecular weight excluding hydrogens is 264 g/mol. The van der Waals surface area contributed by atoms with Crippen molar-refractivity contribution < 1.29 is 23.9 Å². The van der Waals surface area contributed by atoms with E-state index in [1.807, 2.05) is 0 Å². The first kappa shape index (κ1) is 13.9. The van der Waals surface area contributed by atoms with Gasteiger partial charge >= 0.3 is 6.09 Å². The van der Waals surface area contributed by atoms with E-state index < -0.39 is 6.09 Å². The SMILES string of the molecule is COC1=CC(=O)c2c(c(C)c(COC(N)=O)n2C)C1=O. The Hall–Kier alpha value is -2.57. The second-order valence-corrected chi connectivity index (χ2v) is 4.37. The number of methoxy groups -OCH3 is 1. The molecule has 1 aromatic heterocycles. The molecule has 7 heteroatoms. The number of amides is 1. The fourth-order valence-corrected chi connectivity index (χ4v) is 2.31. The zero-order valence-corrected chi connectivity index (χ0v) is 11.4. The van der Waals surface area contributed by atoms with Crippen molar-refractivity contribution in [2.45, 2.75) is 13.5 Å². The first-order valence-corrected chi connectivity index (χ1v) is 5.83. The summed E-state index contributed by atoms with van der Waals surface area (Å²) in [4.78, 5) is 35.0. The monoisotopic (exact) mass is 278 g/mol. The molecule has 1 heterocycles. The standard InChI is InChI=1S/C13H14N2O5/c1-6-7(5-20-13(14)18)15(2)11-8(16)4-9(19-3)12(17)10(6)11/h4H,5H2,1-3H3,(H2,14,18). The quantitative estimate of drug-likeness (QED) is 0.882. The molecule has 0 aromatic carbocycles. The second kappa shape index (κ2) is 4.84. The Balaban J connectivity index is 2.54. The largest absolute Gasteiger partial charge is 0.492 e. The van der Waals surface area contributed by atoms with Crippen LogP contribution in [0.2, 0.25) is 0 Å². The van der Waals surface area contributed by atoms with Gasteiger partial charge in [-0.15, -0.1) is 0 Å². The zero-order valence-electron chi connectivity index (χ0n) is 11.4. The van der Waals surface area contributed by atoms with Crippen LogP contribution in [-0.4, -0.2) is 29.3 Å². The second-order valence-electron chi connectivity index (χ2n) is 4.37. The van der Waals surface area contributed by atoms with Crippen molar-refractivity contribution in [3.8, 4) is 0 Å². The number of hydrogen-bond acceptors (Lipinski definition) is 5. The average Bonchev–Trinajstić information content (AvgIpc) is 2.64. The van der Waals surface area contributed by atoms with Crippen LogP contribution in [0.15, 0.2) is 11.8 Å². The molecule has 106 valence electrons. The first-order chi connectivity index (χ1) is 9.38. The van der Waals surface area contributed by atoms with E-state index in [-0.39, 0.29) is 35.2 Å². The molecule has 0 aliphatic heterocycles. The number of aromatic nitrogens is 1. The Bertz CT molecular complexity index is 654. The van der Waals surface area contributed by atoms with E-state index in [9.17, 15) is 14.4 Å². The molecule has 1 aliphatic carbocycles. The average molecular weight is 278 g/mol. The van der Waals surface area contributed by atoms with Gasteiger partial charge in [0.15, 0.2) is 5.76 Å². The van der Waals surface area contributed by atoms with E-state index >= 15 is 0 Å². The smallest absolute Gasteiger partial charge is 0.404 e. The summed E-state index contributed by atoms with van der Waals surface area (Å²) in [6.07, 6.45) is 0.236. The molecule has 1 aromatic rings. The van der Waals surface area contributed by atoms with Crippen molar-refractivity contribution in [3.63, 3.8) is 0 Å². The van der Waals surface area contributed by atoms with Crippen LogP contribution in [0.1, 0.15) is 32.1 Å². The topological polar surface area (TPSA) is 101 Å². The lowest BCUT2D eigenvalue weighted by molar-refractivity contribution is 0.0913. The van der Waals surface area contributed by atoms with Crippen LogP contribution < -0.4 is 5.73 Å². The fourth-order valence-electron chi connectivity index (χ4n) is 2.31. The molecule has 0 atom stereocenters. The van der Waals surface area contributed by atoms with Gasteiger partial charge in [-0.3, -0.25) is 9.59 Å². The molecule has 0 unspecified atom stereocenters. The molecule has 20 heavy (non-hydrogen) atoms. The van der Waals surface area contributed by atoms with Crippen LogP contribution in [0.25, 0.3) is 0 Å². The third-order valence-corrected chi connectivity index (χ3v) is 3.30. The molecule has 0 saturated heterocycles. The summed E-state index contributed by atoms with van der Waals surface area (Å²) in [6.45, 7) is 1.58. The number of fused-ring (bicyclic) bond motifs is 1. The molecule has 7 nitrogen and oxygen atoms in total. The van der Waals surface area contributed by atoms with Crippen molar-refractivity contribution in [1.82, 2.24) is 4.57 Å². The maximum atomic E-state index is 12.2. The number of nitrogens with zero attached hydrogens (tertiary/aromatic N) is 1. The Labute approximate surface area is 114 Å². The number of ether oxygens (including phenoxy) is 2. The van der Waals surface area contributed by atoms with Crippen LogP contribution in [0, 0.1) is 6.92 Å². The van der Waals surface area contributed by atoms with E-state index in [2.05, 4.69) is 0 Å². The summed E-state index contributed by atoms with van der Waals surface area (Å²) in [6, 6.07) is 0. The number of ketones is 2. The number of nitrogens with two attached hydrogens (primary N) is 1. The highest BCUT2D eigenvalue weighted by atomic mass is 16.5. The van der Waals surface area contributed by atoms with Gasteiger partial charge in [0.1, 0.15) is 12.3 Å². The first-order valence-electron chi connectivity index (χ1n) is 5.83. The normalized spacial score (nSPS) is 13.8. The minimum absolute atomic E-state index is 0.00132. The zero-order chi connectivity index (χ0) is 15.0. The van der Waals surface area contributed by atoms with Gasteiger partial charge in [-0.05, 0) is 12.5 Å². The van der Waals surface area contributed by atoms with Crippen molar-refractivity contribution >= 4 is 17.7 Å². The van der Waals surface area contributed by atoms with Gasteiger partial charge in [-0.1, -0.05) is 0 Å². The van der Waals surface area contributed by atoms with Gasteiger partial charge in [-0.2, -0.15) is 0 Å². The Morgan fingerprint density at radius 3 is 2.60 bits per heavy atom. The molecule has 1 amide bonds. The summed E-state index contributed by atoms with van der Waals surface area (Å²) in [5.41, 5.74) is 6.58. The highest BCUT2D eigenvalue weighted by Crippen LogP contribution is 2.29. The van der Waals surface area contributed by atoms with Gasteiger partial charge in [0.2, 0.25) is 11.6 Å². The summed E-state index contributed by atoms with van der Waals surface area (Å²) >= 11 is 0. The Kier molecular flexibility index (Phi) is 3.35. The highest BCUT2D eigenvalue weighted by Gasteiger charge is 2.33. The molecule has 0 radical (unpaired) electrons. The number of hydrogen-bond donors (Lipinski definition) is 1. The van der Waals surface area contributed by atoms with Gasteiger partial charge in [-0.25, -0.2) is 4.79 Å². The van der Waals surface area contributed by atoms with E-state index in [1.165, 1.54) is 11.7 Å². The molecule has 2 N–H and O–H groups in total. The molecular formula is C13H14N2O5. The molecule has 0 fully saturated rings. The summed E-state index contributed by atoms with van der Waals surface area (Å²) in [5.74, 6) is -0.688. The van der Waals surface area contributed by atoms with Crippen LogP contribution in [0.3, 0.4) is 0 Å².